The fourth-order valence-electron chi connectivity index (χ4n) is 1.93. The highest BCUT2D eigenvalue weighted by Gasteiger charge is 2.11. The number of anilines is 1. The van der Waals surface area contributed by atoms with Crippen LogP contribution in [0.25, 0.3) is 0 Å². The molecule has 0 unspecified atom stereocenters. The molecule has 1 N–H and O–H groups in total. The number of fused-ring (bicyclic) bond motifs is 1. The van der Waals surface area contributed by atoms with Gasteiger partial charge in [0, 0.05) is 6.54 Å². The minimum atomic E-state index is 0.454. The lowest BCUT2D eigenvalue weighted by atomic mass is 10.1. The van der Waals surface area contributed by atoms with Crippen LogP contribution in [0.1, 0.15) is 11.4 Å². The average Bonchev–Trinajstić information content (AvgIpc) is 2.84. The summed E-state index contributed by atoms with van der Waals surface area (Å²) in [5, 5.41) is 6.80. The summed E-state index contributed by atoms with van der Waals surface area (Å²) in [6, 6.07) is 6.44. The number of benzene rings is 1. The van der Waals surface area contributed by atoms with E-state index in [1.54, 1.807) is 6.92 Å². The Bertz CT molecular complexity index is 568. The van der Waals surface area contributed by atoms with E-state index in [1.165, 1.54) is 5.56 Å². The summed E-state index contributed by atoms with van der Waals surface area (Å²) in [6.45, 7) is 3.73. The molecule has 0 saturated heterocycles. The van der Waals surface area contributed by atoms with Crippen LogP contribution >= 0.6 is 0 Å². The quantitative estimate of drug-likeness (QED) is 0.905. The van der Waals surface area contributed by atoms with Crippen LogP contribution in [0.2, 0.25) is 0 Å². The molecule has 6 heteroatoms. The SMILES string of the molecule is Cc1noc(NCCc2ccc3c(c2)OCCO3)n1. The Morgan fingerprint density at radius 2 is 2.05 bits per heavy atom. The van der Waals surface area contributed by atoms with Crippen molar-refractivity contribution in [3.63, 3.8) is 0 Å². The maximum atomic E-state index is 5.55. The average molecular weight is 261 g/mol. The number of rotatable bonds is 4. The summed E-state index contributed by atoms with van der Waals surface area (Å²) in [6.07, 6.45) is 0.845. The van der Waals surface area contributed by atoms with Crippen LogP contribution in [0.3, 0.4) is 0 Å². The third-order valence-corrected chi connectivity index (χ3v) is 2.82. The third-order valence-electron chi connectivity index (χ3n) is 2.82. The van der Waals surface area contributed by atoms with Crippen molar-refractivity contribution in [3.05, 3.63) is 29.6 Å². The maximum Gasteiger partial charge on any atom is 0.321 e. The third kappa shape index (κ3) is 2.78. The fourth-order valence-corrected chi connectivity index (χ4v) is 1.93. The van der Waals surface area contributed by atoms with Crippen LogP contribution in [-0.2, 0) is 6.42 Å². The van der Waals surface area contributed by atoms with Gasteiger partial charge in [0.2, 0.25) is 0 Å². The van der Waals surface area contributed by atoms with E-state index in [0.29, 0.717) is 25.1 Å². The molecule has 0 saturated carbocycles. The Kier molecular flexibility index (Phi) is 3.22. The lowest BCUT2D eigenvalue weighted by Gasteiger charge is -2.18. The van der Waals surface area contributed by atoms with E-state index in [1.807, 2.05) is 18.2 Å². The Hall–Kier alpha value is -2.24. The predicted molar refractivity (Wildman–Crippen MR) is 68.7 cm³/mol. The molecule has 0 spiro atoms. The van der Waals surface area contributed by atoms with E-state index < -0.39 is 0 Å². The normalized spacial score (nSPS) is 13.3. The van der Waals surface area contributed by atoms with E-state index >= 15 is 0 Å². The molecular weight excluding hydrogens is 246 g/mol. The second-order valence-electron chi connectivity index (χ2n) is 4.30. The summed E-state index contributed by atoms with van der Waals surface area (Å²) >= 11 is 0. The van der Waals surface area contributed by atoms with Crippen LogP contribution in [0, 0.1) is 6.92 Å². The lowest BCUT2D eigenvalue weighted by Crippen LogP contribution is -2.15. The summed E-state index contributed by atoms with van der Waals surface area (Å²) in [4.78, 5) is 4.08. The highest BCUT2D eigenvalue weighted by atomic mass is 16.6. The van der Waals surface area contributed by atoms with Crippen molar-refractivity contribution >= 4 is 6.01 Å². The molecule has 0 aliphatic carbocycles. The molecule has 0 amide bonds. The maximum absolute atomic E-state index is 5.55. The number of hydrogen-bond donors (Lipinski definition) is 1. The molecule has 100 valence electrons. The van der Waals surface area contributed by atoms with Gasteiger partial charge in [-0.05, 0) is 31.0 Å². The van der Waals surface area contributed by atoms with Crippen LogP contribution in [0.15, 0.2) is 22.7 Å². The first-order chi connectivity index (χ1) is 9.31. The van der Waals surface area contributed by atoms with Crippen molar-refractivity contribution in [2.24, 2.45) is 0 Å². The molecule has 1 aliphatic rings. The number of aryl methyl sites for hydroxylation is 1. The zero-order valence-corrected chi connectivity index (χ0v) is 10.7. The van der Waals surface area contributed by atoms with Crippen LogP contribution in [0.4, 0.5) is 6.01 Å². The fraction of sp³-hybridized carbons (Fsp3) is 0.385. The van der Waals surface area contributed by atoms with Crippen molar-refractivity contribution < 1.29 is 14.0 Å². The zero-order valence-electron chi connectivity index (χ0n) is 10.7. The summed E-state index contributed by atoms with van der Waals surface area (Å²) in [5.74, 6) is 2.26. The summed E-state index contributed by atoms with van der Waals surface area (Å²) < 4.78 is 16.0. The van der Waals surface area contributed by atoms with Crippen molar-refractivity contribution in [2.45, 2.75) is 13.3 Å². The van der Waals surface area contributed by atoms with Gasteiger partial charge in [0.1, 0.15) is 13.2 Å². The molecule has 6 nitrogen and oxygen atoms in total. The molecule has 1 aromatic heterocycles. The van der Waals surface area contributed by atoms with Crippen LogP contribution < -0.4 is 14.8 Å². The van der Waals surface area contributed by atoms with Gasteiger partial charge in [0.05, 0.1) is 0 Å². The highest BCUT2D eigenvalue weighted by molar-refractivity contribution is 5.44. The van der Waals surface area contributed by atoms with Crippen molar-refractivity contribution in [3.8, 4) is 11.5 Å². The molecule has 1 aliphatic heterocycles. The van der Waals surface area contributed by atoms with Gasteiger partial charge >= 0.3 is 6.01 Å². The molecule has 0 atom stereocenters. The molecule has 0 radical (unpaired) electrons. The molecule has 0 fully saturated rings. The Morgan fingerprint density at radius 1 is 1.21 bits per heavy atom. The van der Waals surface area contributed by atoms with Gasteiger partial charge in [-0.2, -0.15) is 4.98 Å². The summed E-state index contributed by atoms with van der Waals surface area (Å²) in [7, 11) is 0. The van der Waals surface area contributed by atoms with Crippen molar-refractivity contribution in [1.82, 2.24) is 10.1 Å². The van der Waals surface area contributed by atoms with Crippen molar-refractivity contribution in [2.75, 3.05) is 25.1 Å². The van der Waals surface area contributed by atoms with Crippen LogP contribution in [-0.4, -0.2) is 29.9 Å². The minimum absolute atomic E-state index is 0.454. The molecule has 2 aromatic rings. The number of ether oxygens (including phenoxy) is 2. The van der Waals surface area contributed by atoms with E-state index in [0.717, 1.165) is 24.5 Å². The van der Waals surface area contributed by atoms with E-state index in [2.05, 4.69) is 15.5 Å². The predicted octanol–water partition coefficient (Wildman–Crippen LogP) is 1.80. The molecule has 0 bridgehead atoms. The van der Waals surface area contributed by atoms with Gasteiger partial charge in [0.25, 0.3) is 0 Å². The zero-order chi connectivity index (χ0) is 13.1. The van der Waals surface area contributed by atoms with Gasteiger partial charge in [-0.25, -0.2) is 0 Å². The van der Waals surface area contributed by atoms with Gasteiger partial charge in [-0.1, -0.05) is 11.2 Å². The van der Waals surface area contributed by atoms with Gasteiger partial charge in [0.15, 0.2) is 17.3 Å². The Morgan fingerprint density at radius 3 is 2.84 bits per heavy atom. The number of aromatic nitrogens is 2. The molecule has 1 aromatic carbocycles. The second-order valence-corrected chi connectivity index (χ2v) is 4.30. The largest absolute Gasteiger partial charge is 0.486 e. The first kappa shape index (κ1) is 11.8. The smallest absolute Gasteiger partial charge is 0.321 e. The Labute approximate surface area is 110 Å². The number of nitrogens with one attached hydrogen (secondary N) is 1. The minimum Gasteiger partial charge on any atom is -0.486 e. The van der Waals surface area contributed by atoms with E-state index in [-0.39, 0.29) is 0 Å². The van der Waals surface area contributed by atoms with Gasteiger partial charge < -0.3 is 19.3 Å². The lowest BCUT2D eigenvalue weighted by molar-refractivity contribution is 0.171. The van der Waals surface area contributed by atoms with Crippen LogP contribution in [0.5, 0.6) is 11.5 Å². The molecule has 3 rings (SSSR count). The second kappa shape index (κ2) is 5.17. The number of hydrogen-bond acceptors (Lipinski definition) is 6. The molecular formula is C13H15N3O3. The topological polar surface area (TPSA) is 69.4 Å². The van der Waals surface area contributed by atoms with Gasteiger partial charge in [-0.3, -0.25) is 0 Å². The first-order valence-electron chi connectivity index (χ1n) is 6.24. The number of nitrogens with zero attached hydrogens (tertiary/aromatic N) is 2. The first-order valence-corrected chi connectivity index (χ1v) is 6.24. The van der Waals surface area contributed by atoms with Crippen molar-refractivity contribution in [1.29, 1.82) is 0 Å². The molecule has 19 heavy (non-hydrogen) atoms. The van der Waals surface area contributed by atoms with E-state index in [4.69, 9.17) is 14.0 Å². The van der Waals surface area contributed by atoms with Gasteiger partial charge in [-0.15, -0.1) is 0 Å². The summed E-state index contributed by atoms with van der Waals surface area (Å²) in [5.41, 5.74) is 1.17. The highest BCUT2D eigenvalue weighted by Crippen LogP contribution is 2.30. The standard InChI is InChI=1S/C13H15N3O3/c1-9-15-13(19-16-9)14-5-4-10-2-3-11-12(8-10)18-7-6-17-11/h2-3,8H,4-7H2,1H3,(H,14,15,16). The Balaban J connectivity index is 1.58. The molecule has 2 heterocycles. The van der Waals surface area contributed by atoms with E-state index in [9.17, 15) is 0 Å². The monoisotopic (exact) mass is 261 g/mol.